The second-order valence-corrected chi connectivity index (χ2v) is 3.94. The highest BCUT2D eigenvalue weighted by molar-refractivity contribution is 6.36. The molecule has 0 aliphatic heterocycles. The van der Waals surface area contributed by atoms with Crippen molar-refractivity contribution in [1.82, 2.24) is 0 Å². The molecule has 18 heavy (non-hydrogen) atoms. The van der Waals surface area contributed by atoms with E-state index >= 15 is 0 Å². The molecule has 0 aromatic heterocycles. The number of carbonyl (C=O) groups excluding carboxylic acids is 2. The van der Waals surface area contributed by atoms with Crippen LogP contribution < -0.4 is 4.74 Å². The Morgan fingerprint density at radius 1 is 1.39 bits per heavy atom. The summed E-state index contributed by atoms with van der Waals surface area (Å²) in [5, 5.41) is 0.502. The van der Waals surface area contributed by atoms with Crippen LogP contribution >= 0.6 is 23.2 Å². The zero-order valence-electron chi connectivity index (χ0n) is 9.48. The normalized spacial score (nSPS) is 10.4. The van der Waals surface area contributed by atoms with E-state index in [4.69, 9.17) is 27.9 Å². The van der Waals surface area contributed by atoms with Gasteiger partial charge in [0.05, 0.1) is 29.5 Å². The predicted octanol–water partition coefficient (Wildman–Crippen LogP) is 3.26. The van der Waals surface area contributed by atoms with Gasteiger partial charge < -0.3 is 9.47 Å². The third-order valence-electron chi connectivity index (χ3n) is 1.84. The first-order valence-corrected chi connectivity index (χ1v) is 5.78. The Morgan fingerprint density at radius 2 is 2.11 bits per heavy atom. The lowest BCUT2D eigenvalue weighted by molar-refractivity contribution is -0.137. The maximum absolute atomic E-state index is 11.0. The molecule has 0 unspecified atom stereocenters. The number of ether oxygens (including phenoxy) is 2. The van der Waals surface area contributed by atoms with Crippen LogP contribution in [0.4, 0.5) is 0 Å². The summed E-state index contributed by atoms with van der Waals surface area (Å²) in [4.78, 5) is 21.8. The Balaban J connectivity index is 2.84. The molecule has 4 nitrogen and oxygen atoms in total. The van der Waals surface area contributed by atoms with Crippen LogP contribution in [0.5, 0.6) is 5.75 Å². The van der Waals surface area contributed by atoms with Crippen molar-refractivity contribution in [2.45, 2.75) is 6.92 Å². The van der Waals surface area contributed by atoms with Gasteiger partial charge in [0.25, 0.3) is 0 Å². The highest BCUT2D eigenvalue weighted by Crippen LogP contribution is 2.31. The van der Waals surface area contributed by atoms with Crippen molar-refractivity contribution >= 4 is 35.5 Å². The van der Waals surface area contributed by atoms with E-state index in [-0.39, 0.29) is 22.9 Å². The van der Waals surface area contributed by atoms with Crippen molar-refractivity contribution in [2.75, 3.05) is 6.61 Å². The molecule has 0 saturated carbocycles. The summed E-state index contributed by atoms with van der Waals surface area (Å²) in [6.45, 7) is 1.96. The van der Waals surface area contributed by atoms with Gasteiger partial charge in [-0.25, -0.2) is 4.79 Å². The van der Waals surface area contributed by atoms with Gasteiger partial charge in [0.15, 0.2) is 12.0 Å². The van der Waals surface area contributed by atoms with Crippen molar-refractivity contribution in [3.8, 4) is 5.75 Å². The molecule has 0 aliphatic rings. The van der Waals surface area contributed by atoms with E-state index in [0.29, 0.717) is 11.3 Å². The summed E-state index contributed by atoms with van der Waals surface area (Å²) in [6, 6.07) is 2.84. The van der Waals surface area contributed by atoms with Gasteiger partial charge in [0.1, 0.15) is 0 Å². The van der Waals surface area contributed by atoms with Crippen LogP contribution in [0.2, 0.25) is 10.0 Å². The van der Waals surface area contributed by atoms with Crippen LogP contribution in [-0.2, 0) is 9.53 Å². The van der Waals surface area contributed by atoms with E-state index in [0.717, 1.165) is 12.3 Å². The van der Waals surface area contributed by atoms with Gasteiger partial charge in [-0.2, -0.15) is 0 Å². The molecule has 0 bridgehead atoms. The lowest BCUT2D eigenvalue weighted by Crippen LogP contribution is -2.00. The topological polar surface area (TPSA) is 52.6 Å². The summed E-state index contributed by atoms with van der Waals surface area (Å²) in [5.74, 6) is -0.410. The van der Waals surface area contributed by atoms with E-state index in [1.807, 2.05) is 0 Å². The molecular formula is C12H10Cl2O4. The SMILES string of the molecule is CCOC(=O)C=COc1c(Cl)cc(Cl)cc1C=O. The summed E-state index contributed by atoms with van der Waals surface area (Å²) in [5.41, 5.74) is 0.195. The number of hydrogen-bond donors (Lipinski definition) is 0. The Bertz CT molecular complexity index is 483. The first kappa shape index (κ1) is 14.5. The zero-order chi connectivity index (χ0) is 13.5. The predicted molar refractivity (Wildman–Crippen MR) is 68.3 cm³/mol. The highest BCUT2D eigenvalue weighted by Gasteiger charge is 2.09. The second kappa shape index (κ2) is 7.03. The van der Waals surface area contributed by atoms with Gasteiger partial charge in [0.2, 0.25) is 0 Å². The first-order chi connectivity index (χ1) is 8.58. The van der Waals surface area contributed by atoms with Crippen molar-refractivity contribution in [3.63, 3.8) is 0 Å². The quantitative estimate of drug-likeness (QED) is 0.361. The first-order valence-electron chi connectivity index (χ1n) is 5.02. The smallest absolute Gasteiger partial charge is 0.333 e. The minimum Gasteiger partial charge on any atom is -0.463 e. The Hall–Kier alpha value is -1.52. The third kappa shape index (κ3) is 4.05. The van der Waals surface area contributed by atoms with E-state index in [1.165, 1.54) is 12.1 Å². The van der Waals surface area contributed by atoms with Crippen LogP contribution in [0.25, 0.3) is 0 Å². The number of carbonyl (C=O) groups is 2. The molecular weight excluding hydrogens is 279 g/mol. The van der Waals surface area contributed by atoms with E-state index in [9.17, 15) is 9.59 Å². The molecule has 1 aromatic carbocycles. The Kier molecular flexibility index (Phi) is 5.68. The molecule has 0 heterocycles. The molecule has 0 spiro atoms. The lowest BCUT2D eigenvalue weighted by atomic mass is 10.2. The number of esters is 1. The molecule has 1 aromatic rings. The number of benzene rings is 1. The van der Waals surface area contributed by atoms with Gasteiger partial charge in [0, 0.05) is 5.02 Å². The number of rotatable bonds is 5. The standard InChI is InChI=1S/C12H10Cl2O4/c1-2-17-11(16)3-4-18-12-8(7-15)5-9(13)6-10(12)14/h3-7H,2H2,1H3. The van der Waals surface area contributed by atoms with E-state index < -0.39 is 5.97 Å². The summed E-state index contributed by atoms with van der Waals surface area (Å²) in [7, 11) is 0. The largest absolute Gasteiger partial charge is 0.463 e. The maximum atomic E-state index is 11.0. The van der Waals surface area contributed by atoms with Crippen LogP contribution in [0.15, 0.2) is 24.5 Å². The van der Waals surface area contributed by atoms with Gasteiger partial charge in [-0.3, -0.25) is 4.79 Å². The Morgan fingerprint density at radius 3 is 2.72 bits per heavy atom. The average Bonchev–Trinajstić information content (AvgIpc) is 2.31. The molecule has 0 fully saturated rings. The molecule has 0 N–H and O–H groups in total. The van der Waals surface area contributed by atoms with Gasteiger partial charge in [-0.05, 0) is 19.1 Å². The minimum absolute atomic E-state index is 0.136. The number of aldehydes is 1. The fourth-order valence-corrected chi connectivity index (χ4v) is 1.69. The zero-order valence-corrected chi connectivity index (χ0v) is 11.0. The van der Waals surface area contributed by atoms with Gasteiger partial charge >= 0.3 is 5.97 Å². The molecule has 6 heteroatoms. The number of halogens is 2. The lowest BCUT2D eigenvalue weighted by Gasteiger charge is -2.06. The van der Waals surface area contributed by atoms with Gasteiger partial charge in [-0.1, -0.05) is 23.2 Å². The third-order valence-corrected chi connectivity index (χ3v) is 2.34. The highest BCUT2D eigenvalue weighted by atomic mass is 35.5. The van der Waals surface area contributed by atoms with Crippen molar-refractivity contribution in [3.05, 3.63) is 40.1 Å². The van der Waals surface area contributed by atoms with Crippen LogP contribution in [0.3, 0.4) is 0 Å². The summed E-state index contributed by atoms with van der Waals surface area (Å²) < 4.78 is 9.78. The van der Waals surface area contributed by atoms with Crippen molar-refractivity contribution < 1.29 is 19.1 Å². The van der Waals surface area contributed by atoms with Crippen LogP contribution in [0.1, 0.15) is 17.3 Å². The fraction of sp³-hybridized carbons (Fsp3) is 0.167. The fourth-order valence-electron chi connectivity index (χ4n) is 1.14. The molecule has 0 radical (unpaired) electrons. The van der Waals surface area contributed by atoms with Crippen LogP contribution in [0, 0.1) is 0 Å². The number of hydrogen-bond acceptors (Lipinski definition) is 4. The molecule has 0 amide bonds. The monoisotopic (exact) mass is 288 g/mol. The maximum Gasteiger partial charge on any atom is 0.333 e. The molecule has 0 saturated heterocycles. The van der Waals surface area contributed by atoms with Crippen LogP contribution in [-0.4, -0.2) is 18.9 Å². The molecule has 96 valence electrons. The van der Waals surface area contributed by atoms with E-state index in [1.54, 1.807) is 6.92 Å². The molecule has 0 aliphatic carbocycles. The molecule has 0 atom stereocenters. The summed E-state index contributed by atoms with van der Waals surface area (Å²) in [6.07, 6.45) is 2.74. The minimum atomic E-state index is -0.546. The molecule has 1 rings (SSSR count). The second-order valence-electron chi connectivity index (χ2n) is 3.10. The summed E-state index contributed by atoms with van der Waals surface area (Å²) >= 11 is 11.6. The Labute approximate surface area is 114 Å². The van der Waals surface area contributed by atoms with Gasteiger partial charge in [-0.15, -0.1) is 0 Å². The van der Waals surface area contributed by atoms with E-state index in [2.05, 4.69) is 4.74 Å². The van der Waals surface area contributed by atoms with Crippen molar-refractivity contribution in [2.24, 2.45) is 0 Å². The average molecular weight is 289 g/mol. The van der Waals surface area contributed by atoms with Crippen molar-refractivity contribution in [1.29, 1.82) is 0 Å².